The number of aromatic nitrogens is 1. The Morgan fingerprint density at radius 1 is 1.50 bits per heavy atom. The zero-order valence-corrected chi connectivity index (χ0v) is 13.1. The Bertz CT molecular complexity index is 626. The molecule has 2 fully saturated rings. The molecule has 22 heavy (non-hydrogen) atoms. The standard InChI is InChI=1S/C16H19N3O2S/c20-16(18-9-13-2-1-6-21-13)15-11-3-4-12(8-11)19(15)10-14-17-5-7-22-14/h1-2,5-7,11-12,15H,3-4,8-10H2,(H,18,20)/t11-,12-,15-/m0/s1. The zero-order valence-electron chi connectivity index (χ0n) is 12.3. The van der Waals surface area contributed by atoms with E-state index in [1.807, 2.05) is 23.7 Å². The molecule has 0 spiro atoms. The van der Waals surface area contributed by atoms with Crippen molar-refractivity contribution in [3.05, 3.63) is 40.7 Å². The molecule has 0 aromatic carbocycles. The van der Waals surface area contributed by atoms with Crippen molar-refractivity contribution in [3.8, 4) is 0 Å². The summed E-state index contributed by atoms with van der Waals surface area (Å²) in [4.78, 5) is 19.4. The second-order valence-electron chi connectivity index (χ2n) is 6.07. The molecule has 6 heteroatoms. The predicted molar refractivity (Wildman–Crippen MR) is 83.1 cm³/mol. The predicted octanol–water partition coefficient (Wildman–Crippen LogP) is 2.41. The summed E-state index contributed by atoms with van der Waals surface area (Å²) in [7, 11) is 0. The number of piperidine rings is 1. The van der Waals surface area contributed by atoms with Crippen molar-refractivity contribution >= 4 is 17.2 Å². The van der Waals surface area contributed by atoms with E-state index in [4.69, 9.17) is 4.42 Å². The first-order valence-corrected chi connectivity index (χ1v) is 8.63. The van der Waals surface area contributed by atoms with Gasteiger partial charge in [0.1, 0.15) is 10.8 Å². The highest BCUT2D eigenvalue weighted by Gasteiger charge is 2.49. The lowest BCUT2D eigenvalue weighted by molar-refractivity contribution is -0.128. The quantitative estimate of drug-likeness (QED) is 0.920. The van der Waals surface area contributed by atoms with Crippen LogP contribution in [-0.2, 0) is 17.9 Å². The SMILES string of the molecule is O=C(NCc1ccco1)[C@@H]1[C@H]2CC[C@@H](C2)N1Cc1nccs1. The van der Waals surface area contributed by atoms with Crippen LogP contribution in [0.2, 0.25) is 0 Å². The maximum atomic E-state index is 12.7. The molecule has 116 valence electrons. The topological polar surface area (TPSA) is 58.4 Å². The second-order valence-corrected chi connectivity index (χ2v) is 7.05. The molecular weight excluding hydrogens is 298 g/mol. The number of fused-ring (bicyclic) bond motifs is 2. The lowest BCUT2D eigenvalue weighted by Gasteiger charge is -2.33. The van der Waals surface area contributed by atoms with E-state index in [2.05, 4.69) is 15.2 Å². The van der Waals surface area contributed by atoms with Gasteiger partial charge in [-0.15, -0.1) is 11.3 Å². The number of amides is 1. The summed E-state index contributed by atoms with van der Waals surface area (Å²) in [5.41, 5.74) is 0. The third kappa shape index (κ3) is 2.57. The van der Waals surface area contributed by atoms with Crippen LogP contribution in [0.25, 0.3) is 0 Å². The molecule has 2 aliphatic rings. The second kappa shape index (κ2) is 5.85. The molecule has 3 heterocycles. The highest BCUT2D eigenvalue weighted by molar-refractivity contribution is 7.09. The Balaban J connectivity index is 1.44. The van der Waals surface area contributed by atoms with E-state index < -0.39 is 0 Å². The highest BCUT2D eigenvalue weighted by Crippen LogP contribution is 2.43. The number of likely N-dealkylation sites (tertiary alicyclic amines) is 1. The molecule has 1 N–H and O–H groups in total. The van der Waals surface area contributed by atoms with Gasteiger partial charge in [0.15, 0.2) is 0 Å². The van der Waals surface area contributed by atoms with E-state index in [0.717, 1.165) is 30.2 Å². The molecule has 2 bridgehead atoms. The number of nitrogens with one attached hydrogen (secondary N) is 1. The Labute approximate surface area is 133 Å². The van der Waals surface area contributed by atoms with Crippen LogP contribution >= 0.6 is 11.3 Å². The van der Waals surface area contributed by atoms with Crippen LogP contribution in [0.15, 0.2) is 34.4 Å². The number of carbonyl (C=O) groups is 1. The molecule has 2 aromatic heterocycles. The molecule has 1 aliphatic carbocycles. The molecule has 0 radical (unpaired) electrons. The lowest BCUT2D eigenvalue weighted by Crippen LogP contribution is -2.49. The average molecular weight is 317 g/mol. The molecule has 1 saturated heterocycles. The van der Waals surface area contributed by atoms with Gasteiger partial charge in [0.2, 0.25) is 5.91 Å². The van der Waals surface area contributed by atoms with Gasteiger partial charge in [0.25, 0.3) is 0 Å². The van der Waals surface area contributed by atoms with Crippen LogP contribution < -0.4 is 5.32 Å². The van der Waals surface area contributed by atoms with Crippen LogP contribution in [0.4, 0.5) is 0 Å². The monoisotopic (exact) mass is 317 g/mol. The minimum absolute atomic E-state index is 0.0161. The number of nitrogens with zero attached hydrogens (tertiary/aromatic N) is 2. The Morgan fingerprint density at radius 3 is 3.23 bits per heavy atom. The summed E-state index contributed by atoms with van der Waals surface area (Å²) in [6.45, 7) is 1.25. The van der Waals surface area contributed by atoms with Gasteiger partial charge in [0.05, 0.1) is 25.4 Å². The van der Waals surface area contributed by atoms with E-state index in [1.165, 1.54) is 6.42 Å². The molecule has 5 nitrogen and oxygen atoms in total. The third-order valence-corrected chi connectivity index (χ3v) is 5.57. The summed E-state index contributed by atoms with van der Waals surface area (Å²) in [5.74, 6) is 1.41. The van der Waals surface area contributed by atoms with Crippen LogP contribution in [0.5, 0.6) is 0 Å². The van der Waals surface area contributed by atoms with Crippen LogP contribution in [0.1, 0.15) is 30.0 Å². The minimum Gasteiger partial charge on any atom is -0.467 e. The molecule has 2 aromatic rings. The minimum atomic E-state index is -0.0161. The van der Waals surface area contributed by atoms with E-state index in [1.54, 1.807) is 17.6 Å². The van der Waals surface area contributed by atoms with E-state index >= 15 is 0 Å². The van der Waals surface area contributed by atoms with Gasteiger partial charge in [0, 0.05) is 17.6 Å². The Morgan fingerprint density at radius 2 is 2.45 bits per heavy atom. The normalized spacial score (nSPS) is 27.4. The van der Waals surface area contributed by atoms with Crippen molar-refractivity contribution in [1.29, 1.82) is 0 Å². The number of rotatable bonds is 5. The third-order valence-electron chi connectivity index (χ3n) is 4.81. The fraction of sp³-hybridized carbons (Fsp3) is 0.500. The summed E-state index contributed by atoms with van der Waals surface area (Å²) < 4.78 is 5.28. The van der Waals surface area contributed by atoms with Gasteiger partial charge >= 0.3 is 0 Å². The number of hydrogen-bond acceptors (Lipinski definition) is 5. The van der Waals surface area contributed by atoms with Gasteiger partial charge in [-0.1, -0.05) is 0 Å². The number of hydrogen-bond donors (Lipinski definition) is 1. The molecule has 1 aliphatic heterocycles. The van der Waals surface area contributed by atoms with Crippen molar-refractivity contribution in [2.24, 2.45) is 5.92 Å². The average Bonchev–Trinajstić information content (AvgIpc) is 3.29. The molecule has 0 unspecified atom stereocenters. The first kappa shape index (κ1) is 14.0. The van der Waals surface area contributed by atoms with Crippen molar-refractivity contribution < 1.29 is 9.21 Å². The number of furan rings is 1. The Hall–Kier alpha value is -1.66. The molecule has 3 atom stereocenters. The molecule has 1 saturated carbocycles. The smallest absolute Gasteiger partial charge is 0.238 e. The first-order valence-electron chi connectivity index (χ1n) is 7.75. The zero-order chi connectivity index (χ0) is 14.9. The summed E-state index contributed by atoms with van der Waals surface area (Å²) in [6, 6.07) is 4.24. The largest absolute Gasteiger partial charge is 0.467 e. The Kier molecular flexibility index (Phi) is 3.72. The van der Waals surface area contributed by atoms with Gasteiger partial charge in [-0.2, -0.15) is 0 Å². The van der Waals surface area contributed by atoms with Gasteiger partial charge in [-0.3, -0.25) is 9.69 Å². The van der Waals surface area contributed by atoms with Gasteiger partial charge < -0.3 is 9.73 Å². The van der Waals surface area contributed by atoms with E-state index in [-0.39, 0.29) is 11.9 Å². The highest BCUT2D eigenvalue weighted by atomic mass is 32.1. The molecule has 4 rings (SSSR count). The van der Waals surface area contributed by atoms with E-state index in [9.17, 15) is 4.79 Å². The van der Waals surface area contributed by atoms with Crippen LogP contribution in [0, 0.1) is 5.92 Å². The fourth-order valence-electron chi connectivity index (χ4n) is 3.85. The van der Waals surface area contributed by atoms with Gasteiger partial charge in [-0.05, 0) is 37.3 Å². The van der Waals surface area contributed by atoms with Crippen LogP contribution in [0.3, 0.4) is 0 Å². The maximum absolute atomic E-state index is 12.7. The van der Waals surface area contributed by atoms with Crippen LogP contribution in [-0.4, -0.2) is 27.9 Å². The molecular formula is C16H19N3O2S. The van der Waals surface area contributed by atoms with Crippen molar-refractivity contribution in [3.63, 3.8) is 0 Å². The van der Waals surface area contributed by atoms with Gasteiger partial charge in [-0.25, -0.2) is 4.98 Å². The van der Waals surface area contributed by atoms with Crippen molar-refractivity contribution in [2.45, 2.75) is 44.4 Å². The lowest BCUT2D eigenvalue weighted by atomic mass is 9.98. The summed E-state index contributed by atoms with van der Waals surface area (Å²) >= 11 is 1.66. The van der Waals surface area contributed by atoms with E-state index in [0.29, 0.717) is 18.5 Å². The summed E-state index contributed by atoms with van der Waals surface area (Å²) in [5, 5.41) is 6.12. The molecule has 1 amide bonds. The summed E-state index contributed by atoms with van der Waals surface area (Å²) in [6.07, 6.45) is 6.98. The number of carbonyl (C=O) groups excluding carboxylic acids is 1. The maximum Gasteiger partial charge on any atom is 0.238 e. The fourth-order valence-corrected chi connectivity index (χ4v) is 4.47. The first-order chi connectivity index (χ1) is 10.8. The van der Waals surface area contributed by atoms with Crippen molar-refractivity contribution in [2.75, 3.05) is 0 Å². The van der Waals surface area contributed by atoms with Crippen molar-refractivity contribution in [1.82, 2.24) is 15.2 Å². The number of thiazole rings is 1.